The Labute approximate surface area is 232 Å². The quantitative estimate of drug-likeness (QED) is 0.248. The molecule has 6 nitrogen and oxygen atoms in total. The van der Waals surface area contributed by atoms with Crippen LogP contribution in [-0.2, 0) is 4.79 Å². The maximum atomic E-state index is 13.4. The summed E-state index contributed by atoms with van der Waals surface area (Å²) in [5.74, 6) is -2.21. The van der Waals surface area contributed by atoms with E-state index in [0.717, 1.165) is 0 Å². The average molecular weight is 579 g/mol. The molecule has 0 saturated heterocycles. The highest BCUT2D eigenvalue weighted by Gasteiger charge is 2.34. The standard InChI is InChI=1S/C28H23Cl2F3N2O4/c29-21-7-5-19(6-8-21)26(39-23-14-17(16-34)13-22(30)15-23)24(9-11-28(31,32)33)18-1-3-20(4-2-18)27(38)35-12-10-25(36)37/h1-8,13-15,24,26H,9-12H2,(H,35,38)(H,36,37)/t24-,26?/m1/s1. The van der Waals surface area contributed by atoms with Gasteiger partial charge < -0.3 is 15.2 Å². The number of aliphatic carboxylic acids is 1. The predicted molar refractivity (Wildman–Crippen MR) is 140 cm³/mol. The number of carbonyl (C=O) groups excluding carboxylic acids is 1. The van der Waals surface area contributed by atoms with E-state index in [4.69, 9.17) is 33.0 Å². The van der Waals surface area contributed by atoms with Gasteiger partial charge in [-0.05, 0) is 60.0 Å². The van der Waals surface area contributed by atoms with Crippen LogP contribution in [0.2, 0.25) is 10.0 Å². The van der Waals surface area contributed by atoms with Crippen molar-refractivity contribution < 1.29 is 32.6 Å². The SMILES string of the molecule is N#Cc1cc(Cl)cc(OC(c2ccc(Cl)cc2)[C@H](CCC(F)(F)F)c2ccc(C(=O)NCCC(=O)O)cc2)c1. The fourth-order valence-corrected chi connectivity index (χ4v) is 4.31. The van der Waals surface area contributed by atoms with Crippen LogP contribution in [0, 0.1) is 11.3 Å². The van der Waals surface area contributed by atoms with Crippen molar-refractivity contribution in [3.8, 4) is 11.8 Å². The lowest BCUT2D eigenvalue weighted by Gasteiger charge is -2.30. The number of carboxylic acids is 1. The number of carboxylic acid groups (broad SMARTS) is 1. The molecule has 3 rings (SSSR count). The van der Waals surface area contributed by atoms with Gasteiger partial charge in [0.2, 0.25) is 0 Å². The molecule has 0 aliphatic rings. The first kappa shape index (κ1) is 29.8. The number of nitrogens with zero attached hydrogens (tertiary/aromatic N) is 1. The number of benzene rings is 3. The van der Waals surface area contributed by atoms with Gasteiger partial charge in [-0.2, -0.15) is 18.4 Å². The second-order valence-corrected chi connectivity index (χ2v) is 9.53. The van der Waals surface area contributed by atoms with Crippen LogP contribution in [0.5, 0.6) is 5.75 Å². The van der Waals surface area contributed by atoms with E-state index in [1.165, 1.54) is 42.5 Å². The van der Waals surface area contributed by atoms with Crippen molar-refractivity contribution >= 4 is 35.1 Å². The van der Waals surface area contributed by atoms with E-state index in [-0.39, 0.29) is 41.3 Å². The Balaban J connectivity index is 2.00. The molecular formula is C28H23Cl2F3N2O4. The van der Waals surface area contributed by atoms with Crippen LogP contribution >= 0.6 is 23.2 Å². The van der Waals surface area contributed by atoms with Crippen molar-refractivity contribution in [2.24, 2.45) is 0 Å². The summed E-state index contributed by atoms with van der Waals surface area (Å²) in [5, 5.41) is 21.2. The Morgan fingerprint density at radius 2 is 1.62 bits per heavy atom. The van der Waals surface area contributed by atoms with Gasteiger partial charge in [0.25, 0.3) is 5.91 Å². The van der Waals surface area contributed by atoms with Gasteiger partial charge in [-0.25, -0.2) is 0 Å². The third-order valence-corrected chi connectivity index (χ3v) is 6.26. The van der Waals surface area contributed by atoms with E-state index in [9.17, 15) is 28.0 Å². The van der Waals surface area contributed by atoms with Crippen LogP contribution in [0.15, 0.2) is 66.7 Å². The molecule has 39 heavy (non-hydrogen) atoms. The largest absolute Gasteiger partial charge is 0.485 e. The second-order valence-electron chi connectivity index (χ2n) is 8.66. The van der Waals surface area contributed by atoms with Crippen LogP contribution in [0.25, 0.3) is 0 Å². The number of carbonyl (C=O) groups is 2. The summed E-state index contributed by atoms with van der Waals surface area (Å²) in [7, 11) is 0. The summed E-state index contributed by atoms with van der Waals surface area (Å²) < 4.78 is 46.3. The monoisotopic (exact) mass is 578 g/mol. The molecule has 0 heterocycles. The third-order valence-electron chi connectivity index (χ3n) is 5.79. The van der Waals surface area contributed by atoms with E-state index in [1.807, 2.05) is 6.07 Å². The summed E-state index contributed by atoms with van der Waals surface area (Å²) in [5.41, 5.74) is 1.46. The smallest absolute Gasteiger partial charge is 0.389 e. The van der Waals surface area contributed by atoms with Crippen LogP contribution in [0.1, 0.15) is 58.3 Å². The number of halogens is 5. The number of hydrogen-bond acceptors (Lipinski definition) is 4. The highest BCUT2D eigenvalue weighted by Crippen LogP contribution is 2.41. The number of hydrogen-bond donors (Lipinski definition) is 2. The van der Waals surface area contributed by atoms with Crippen molar-refractivity contribution in [1.82, 2.24) is 5.32 Å². The summed E-state index contributed by atoms with van der Waals surface area (Å²) in [6, 6.07) is 18.8. The van der Waals surface area contributed by atoms with Gasteiger partial charge in [0.15, 0.2) is 0 Å². The topological polar surface area (TPSA) is 99.4 Å². The minimum atomic E-state index is -4.43. The zero-order chi connectivity index (χ0) is 28.6. The molecule has 3 aromatic rings. The third kappa shape index (κ3) is 9.20. The number of nitriles is 1. The molecule has 0 radical (unpaired) electrons. The first-order chi connectivity index (χ1) is 18.4. The molecule has 0 fully saturated rings. The number of alkyl halides is 3. The summed E-state index contributed by atoms with van der Waals surface area (Å²) >= 11 is 12.2. The second kappa shape index (κ2) is 13.4. The van der Waals surface area contributed by atoms with E-state index in [0.29, 0.717) is 16.1 Å². The number of rotatable bonds is 11. The minimum absolute atomic E-state index is 0.0685. The Hall–Kier alpha value is -3.74. The van der Waals surface area contributed by atoms with Crippen LogP contribution in [-0.4, -0.2) is 29.7 Å². The lowest BCUT2D eigenvalue weighted by atomic mass is 9.85. The zero-order valence-corrected chi connectivity index (χ0v) is 21.9. The molecule has 0 aromatic heterocycles. The zero-order valence-electron chi connectivity index (χ0n) is 20.3. The number of ether oxygens (including phenoxy) is 1. The summed E-state index contributed by atoms with van der Waals surface area (Å²) in [4.78, 5) is 23.0. The van der Waals surface area contributed by atoms with Crippen molar-refractivity contribution in [1.29, 1.82) is 5.26 Å². The van der Waals surface area contributed by atoms with Crippen molar-refractivity contribution in [2.45, 2.75) is 37.5 Å². The first-order valence-corrected chi connectivity index (χ1v) is 12.5. The molecule has 11 heteroatoms. The lowest BCUT2D eigenvalue weighted by Crippen LogP contribution is -2.26. The van der Waals surface area contributed by atoms with Crippen LogP contribution in [0.4, 0.5) is 13.2 Å². The lowest BCUT2D eigenvalue weighted by molar-refractivity contribution is -0.138. The van der Waals surface area contributed by atoms with Gasteiger partial charge >= 0.3 is 12.1 Å². The molecule has 0 saturated carbocycles. The Morgan fingerprint density at radius 1 is 0.974 bits per heavy atom. The van der Waals surface area contributed by atoms with Gasteiger partial charge in [-0.15, -0.1) is 0 Å². The molecule has 0 bridgehead atoms. The van der Waals surface area contributed by atoms with Gasteiger partial charge in [0.1, 0.15) is 11.9 Å². The van der Waals surface area contributed by atoms with Crippen molar-refractivity contribution in [3.05, 3.63) is 99.0 Å². The maximum absolute atomic E-state index is 13.4. The summed E-state index contributed by atoms with van der Waals surface area (Å²) in [6.45, 7) is -0.0685. The Kier molecular flexibility index (Phi) is 10.2. The van der Waals surface area contributed by atoms with E-state index in [1.54, 1.807) is 24.3 Å². The predicted octanol–water partition coefficient (Wildman–Crippen LogP) is 7.32. The van der Waals surface area contributed by atoms with Gasteiger partial charge in [-0.1, -0.05) is 47.5 Å². The molecule has 1 amide bonds. The maximum Gasteiger partial charge on any atom is 0.389 e. The summed E-state index contributed by atoms with van der Waals surface area (Å²) in [6.07, 6.45) is -7.06. The normalized spacial score (nSPS) is 12.7. The highest BCUT2D eigenvalue weighted by molar-refractivity contribution is 6.31. The van der Waals surface area contributed by atoms with E-state index in [2.05, 4.69) is 5.32 Å². The van der Waals surface area contributed by atoms with Crippen LogP contribution in [0.3, 0.4) is 0 Å². The number of amides is 1. The first-order valence-electron chi connectivity index (χ1n) is 11.7. The molecular weight excluding hydrogens is 556 g/mol. The average Bonchev–Trinajstić information content (AvgIpc) is 2.87. The Bertz CT molecular complexity index is 1340. The highest BCUT2D eigenvalue weighted by atomic mass is 35.5. The molecule has 204 valence electrons. The van der Waals surface area contributed by atoms with Gasteiger partial charge in [0, 0.05) is 34.5 Å². The minimum Gasteiger partial charge on any atom is -0.485 e. The van der Waals surface area contributed by atoms with Gasteiger partial charge in [-0.3, -0.25) is 9.59 Å². The van der Waals surface area contributed by atoms with Gasteiger partial charge in [0.05, 0.1) is 18.1 Å². The fourth-order valence-electron chi connectivity index (χ4n) is 3.96. The molecule has 0 aliphatic carbocycles. The number of nitrogens with one attached hydrogen (secondary N) is 1. The van der Waals surface area contributed by atoms with Crippen molar-refractivity contribution in [3.63, 3.8) is 0 Å². The molecule has 2 atom stereocenters. The Morgan fingerprint density at radius 3 is 2.21 bits per heavy atom. The molecule has 1 unspecified atom stereocenters. The van der Waals surface area contributed by atoms with Crippen LogP contribution < -0.4 is 10.1 Å². The molecule has 3 aromatic carbocycles. The van der Waals surface area contributed by atoms with E-state index < -0.39 is 36.5 Å². The van der Waals surface area contributed by atoms with E-state index >= 15 is 0 Å². The molecule has 0 spiro atoms. The molecule has 2 N–H and O–H groups in total. The van der Waals surface area contributed by atoms with Crippen molar-refractivity contribution in [2.75, 3.05) is 6.54 Å². The molecule has 0 aliphatic heterocycles. The fraction of sp³-hybridized carbons (Fsp3) is 0.250.